The highest BCUT2D eigenvalue weighted by Crippen LogP contribution is 2.15. The molecule has 0 spiro atoms. The molecule has 5 nitrogen and oxygen atoms in total. The van der Waals surface area contributed by atoms with Gasteiger partial charge in [-0.25, -0.2) is 15.0 Å². The van der Waals surface area contributed by atoms with Gasteiger partial charge in [-0.15, -0.1) is 0 Å². The topological polar surface area (TPSA) is 66.5 Å². The van der Waals surface area contributed by atoms with E-state index in [-0.39, 0.29) is 6.04 Å². The Morgan fingerprint density at radius 2 is 2.19 bits per heavy atom. The Labute approximate surface area is 94.0 Å². The monoisotopic (exact) mass is 217 g/mol. The average Bonchev–Trinajstić information content (AvgIpc) is 2.65. The molecule has 1 unspecified atom stereocenters. The summed E-state index contributed by atoms with van der Waals surface area (Å²) >= 11 is 0. The lowest BCUT2D eigenvalue weighted by Crippen LogP contribution is -2.13. The second kappa shape index (κ2) is 4.30. The van der Waals surface area contributed by atoms with Crippen molar-refractivity contribution < 1.29 is 0 Å². The van der Waals surface area contributed by atoms with Crippen molar-refractivity contribution in [3.8, 4) is 0 Å². The molecule has 0 saturated heterocycles. The van der Waals surface area contributed by atoms with Crippen LogP contribution in [0.3, 0.4) is 0 Å². The summed E-state index contributed by atoms with van der Waals surface area (Å²) in [5, 5.41) is 3.30. The molecule has 0 saturated carbocycles. The minimum Gasteiger partial charge on any atom is -0.362 e. The Hall–Kier alpha value is -1.91. The van der Waals surface area contributed by atoms with Crippen molar-refractivity contribution in [2.75, 3.05) is 5.32 Å². The third kappa shape index (κ3) is 2.18. The molecule has 0 aliphatic carbocycles. The molecular formula is C11H15N5. The number of hydrogen-bond acceptors (Lipinski definition) is 4. The fraction of sp³-hybridized carbons (Fsp3) is 0.364. The minimum atomic E-state index is 0.228. The van der Waals surface area contributed by atoms with Gasteiger partial charge in [0.2, 0.25) is 0 Å². The van der Waals surface area contributed by atoms with Crippen molar-refractivity contribution >= 4 is 17.0 Å². The molecule has 0 aliphatic heterocycles. The van der Waals surface area contributed by atoms with Crippen molar-refractivity contribution in [2.45, 2.75) is 26.8 Å². The Kier molecular flexibility index (Phi) is 2.85. The number of H-pyrrole nitrogens is 1. The number of anilines is 1. The van der Waals surface area contributed by atoms with Gasteiger partial charge in [0.15, 0.2) is 11.5 Å². The van der Waals surface area contributed by atoms with E-state index in [1.807, 2.05) is 0 Å². The molecule has 16 heavy (non-hydrogen) atoms. The van der Waals surface area contributed by atoms with Crippen LogP contribution in [-0.2, 0) is 0 Å². The van der Waals surface area contributed by atoms with E-state index in [0.29, 0.717) is 5.65 Å². The number of imidazole rings is 1. The maximum atomic E-state index is 4.20. The van der Waals surface area contributed by atoms with E-state index in [4.69, 9.17) is 0 Å². The first kappa shape index (κ1) is 10.6. The van der Waals surface area contributed by atoms with E-state index in [2.05, 4.69) is 52.1 Å². The van der Waals surface area contributed by atoms with E-state index in [1.54, 1.807) is 6.33 Å². The number of nitrogens with zero attached hydrogens (tertiary/aromatic N) is 3. The van der Waals surface area contributed by atoms with Crippen LogP contribution in [0.5, 0.6) is 0 Å². The first-order valence-electron chi connectivity index (χ1n) is 5.22. The van der Waals surface area contributed by atoms with Gasteiger partial charge in [-0.3, -0.25) is 0 Å². The van der Waals surface area contributed by atoms with Crippen LogP contribution in [0.1, 0.15) is 20.8 Å². The van der Waals surface area contributed by atoms with Crippen LogP contribution in [0.15, 0.2) is 24.3 Å². The fourth-order valence-electron chi connectivity index (χ4n) is 1.63. The molecule has 2 aromatic rings. The number of hydrogen-bond donors (Lipinski definition) is 2. The lowest BCUT2D eigenvalue weighted by molar-refractivity contribution is 0.965. The van der Waals surface area contributed by atoms with Gasteiger partial charge in [-0.2, -0.15) is 0 Å². The van der Waals surface area contributed by atoms with Crippen LogP contribution in [0, 0.1) is 0 Å². The highest BCUT2D eigenvalue weighted by Gasteiger charge is 2.06. The normalized spacial score (nSPS) is 12.4. The summed E-state index contributed by atoms with van der Waals surface area (Å²) in [4.78, 5) is 15.4. The summed E-state index contributed by atoms with van der Waals surface area (Å²) in [6, 6.07) is 0.228. The van der Waals surface area contributed by atoms with E-state index in [1.165, 1.54) is 11.9 Å². The molecule has 0 bridgehead atoms. The zero-order chi connectivity index (χ0) is 11.5. The highest BCUT2D eigenvalue weighted by atomic mass is 15.1. The first-order chi connectivity index (χ1) is 7.66. The van der Waals surface area contributed by atoms with Crippen LogP contribution >= 0.6 is 0 Å². The number of nitrogens with one attached hydrogen (secondary N) is 2. The van der Waals surface area contributed by atoms with Gasteiger partial charge in [0.25, 0.3) is 0 Å². The number of rotatable bonds is 3. The maximum absolute atomic E-state index is 4.20. The molecule has 2 aromatic heterocycles. The van der Waals surface area contributed by atoms with E-state index >= 15 is 0 Å². The third-order valence-corrected chi connectivity index (χ3v) is 2.17. The predicted molar refractivity (Wildman–Crippen MR) is 64.2 cm³/mol. The smallest absolute Gasteiger partial charge is 0.182 e. The maximum Gasteiger partial charge on any atom is 0.182 e. The van der Waals surface area contributed by atoms with Crippen LogP contribution in [-0.4, -0.2) is 26.0 Å². The fourth-order valence-corrected chi connectivity index (χ4v) is 1.63. The summed E-state index contributed by atoms with van der Waals surface area (Å²) in [5.41, 5.74) is 2.80. The molecular weight excluding hydrogens is 202 g/mol. The molecule has 2 rings (SSSR count). The SMILES string of the molecule is CC(C)=CC(C)Nc1ncnc2nc[nH]c12. The van der Waals surface area contributed by atoms with Gasteiger partial charge in [-0.1, -0.05) is 11.6 Å². The number of aromatic amines is 1. The van der Waals surface area contributed by atoms with Crippen molar-refractivity contribution in [3.05, 3.63) is 24.3 Å². The lowest BCUT2D eigenvalue weighted by atomic mass is 10.2. The molecule has 1 atom stereocenters. The average molecular weight is 217 g/mol. The molecule has 0 fully saturated rings. The van der Waals surface area contributed by atoms with Crippen molar-refractivity contribution in [1.82, 2.24) is 19.9 Å². The standard InChI is InChI=1S/C11H15N5/c1-7(2)4-8(3)16-11-9-10(13-5-12-9)14-6-15-11/h4-6,8H,1-3H3,(H2,12,13,14,15,16). The van der Waals surface area contributed by atoms with Gasteiger partial charge in [0.05, 0.1) is 6.33 Å². The Balaban J connectivity index is 2.27. The molecule has 0 amide bonds. The van der Waals surface area contributed by atoms with Crippen molar-refractivity contribution in [1.29, 1.82) is 0 Å². The zero-order valence-electron chi connectivity index (χ0n) is 9.65. The number of allylic oxidation sites excluding steroid dienone is 1. The molecule has 0 aromatic carbocycles. The largest absolute Gasteiger partial charge is 0.362 e. The zero-order valence-corrected chi connectivity index (χ0v) is 9.65. The molecule has 2 heterocycles. The third-order valence-electron chi connectivity index (χ3n) is 2.17. The van der Waals surface area contributed by atoms with E-state index < -0.39 is 0 Å². The van der Waals surface area contributed by atoms with Crippen LogP contribution in [0.2, 0.25) is 0 Å². The molecule has 0 aliphatic rings. The quantitative estimate of drug-likeness (QED) is 0.773. The van der Waals surface area contributed by atoms with Gasteiger partial charge >= 0.3 is 0 Å². The van der Waals surface area contributed by atoms with Gasteiger partial charge in [-0.05, 0) is 20.8 Å². The summed E-state index contributed by atoms with van der Waals surface area (Å²) in [5.74, 6) is 0.785. The molecule has 84 valence electrons. The lowest BCUT2D eigenvalue weighted by Gasteiger charge is -2.11. The minimum absolute atomic E-state index is 0.228. The Bertz CT molecular complexity index is 510. The van der Waals surface area contributed by atoms with Crippen LogP contribution in [0.4, 0.5) is 5.82 Å². The predicted octanol–water partition coefficient (Wildman–Crippen LogP) is 2.12. The summed E-state index contributed by atoms with van der Waals surface area (Å²) in [6.07, 6.45) is 5.28. The molecule has 0 radical (unpaired) electrons. The highest BCUT2D eigenvalue weighted by molar-refractivity contribution is 5.82. The van der Waals surface area contributed by atoms with Gasteiger partial charge < -0.3 is 10.3 Å². The Morgan fingerprint density at radius 1 is 1.38 bits per heavy atom. The summed E-state index contributed by atoms with van der Waals surface area (Å²) in [7, 11) is 0. The Morgan fingerprint density at radius 3 is 2.94 bits per heavy atom. The van der Waals surface area contributed by atoms with Crippen LogP contribution < -0.4 is 5.32 Å². The van der Waals surface area contributed by atoms with Gasteiger partial charge in [0.1, 0.15) is 11.8 Å². The second-order valence-electron chi connectivity index (χ2n) is 4.00. The van der Waals surface area contributed by atoms with E-state index in [9.17, 15) is 0 Å². The number of fused-ring (bicyclic) bond motifs is 1. The van der Waals surface area contributed by atoms with Crippen LogP contribution in [0.25, 0.3) is 11.2 Å². The summed E-state index contributed by atoms with van der Waals surface area (Å²) < 4.78 is 0. The molecule has 2 N–H and O–H groups in total. The van der Waals surface area contributed by atoms with Crippen molar-refractivity contribution in [3.63, 3.8) is 0 Å². The first-order valence-corrected chi connectivity index (χ1v) is 5.22. The summed E-state index contributed by atoms with van der Waals surface area (Å²) in [6.45, 7) is 6.23. The van der Waals surface area contributed by atoms with E-state index in [0.717, 1.165) is 11.3 Å². The molecule has 5 heteroatoms. The van der Waals surface area contributed by atoms with Gasteiger partial charge in [0, 0.05) is 6.04 Å². The van der Waals surface area contributed by atoms with Crippen molar-refractivity contribution in [2.24, 2.45) is 0 Å². The number of aromatic nitrogens is 4. The second-order valence-corrected chi connectivity index (χ2v) is 4.00.